The zero-order valence-corrected chi connectivity index (χ0v) is 10.4. The van der Waals surface area contributed by atoms with E-state index in [1.165, 1.54) is 0 Å². The van der Waals surface area contributed by atoms with Crippen LogP contribution in [0.4, 0.5) is 0 Å². The molecule has 0 aromatic rings. The molecular weight excluding hydrogens is 247 g/mol. The van der Waals surface area contributed by atoms with Crippen LogP contribution in [0.2, 0.25) is 14.8 Å². The molecular formula is C8H18O2Sn. The molecule has 0 radical (unpaired) electrons. The van der Waals surface area contributed by atoms with Crippen LogP contribution in [0.1, 0.15) is 0 Å². The van der Waals surface area contributed by atoms with E-state index >= 15 is 0 Å². The van der Waals surface area contributed by atoms with Crippen molar-refractivity contribution in [2.75, 3.05) is 13.2 Å². The van der Waals surface area contributed by atoms with E-state index in [9.17, 15) is 0 Å². The first-order valence-corrected chi connectivity index (χ1v) is 13.8. The summed E-state index contributed by atoms with van der Waals surface area (Å²) >= 11 is -2.07. The summed E-state index contributed by atoms with van der Waals surface area (Å²) in [6.07, 6.45) is 0. The zero-order chi connectivity index (χ0) is 9.07. The summed E-state index contributed by atoms with van der Waals surface area (Å²) in [6, 6.07) is 0. The molecule has 0 aliphatic carbocycles. The van der Waals surface area contributed by atoms with E-state index in [0.717, 1.165) is 3.59 Å². The fourth-order valence-electron chi connectivity index (χ4n) is 0.890. The van der Waals surface area contributed by atoms with E-state index in [2.05, 4.69) is 21.4 Å². The van der Waals surface area contributed by atoms with Gasteiger partial charge >= 0.3 is 72.7 Å². The molecule has 0 rings (SSSR count). The Bertz CT molecular complexity index is 134. The van der Waals surface area contributed by atoms with Crippen LogP contribution >= 0.6 is 0 Å². The Labute approximate surface area is 72.8 Å². The Kier molecular flexibility index (Phi) is 4.66. The molecule has 0 aliphatic rings. The van der Waals surface area contributed by atoms with Gasteiger partial charge in [-0.05, 0) is 0 Å². The molecule has 0 heterocycles. The summed E-state index contributed by atoms with van der Waals surface area (Å²) in [5.74, 6) is -0.0780. The molecule has 3 heteroatoms. The summed E-state index contributed by atoms with van der Waals surface area (Å²) in [6.45, 7) is 4.00. The number of rotatable bonds is 4. The normalized spacial score (nSPS) is 12.2. The molecule has 0 fully saturated rings. The van der Waals surface area contributed by atoms with Crippen LogP contribution in [-0.2, 0) is 0 Å². The fourth-order valence-corrected chi connectivity index (χ4v) is 4.91. The molecule has 11 heavy (non-hydrogen) atoms. The van der Waals surface area contributed by atoms with Crippen molar-refractivity contribution < 1.29 is 10.2 Å². The maximum atomic E-state index is 8.87. The molecule has 66 valence electrons. The molecule has 2 nitrogen and oxygen atoms in total. The van der Waals surface area contributed by atoms with Gasteiger partial charge in [0.1, 0.15) is 0 Å². The van der Waals surface area contributed by atoms with Gasteiger partial charge in [-0.15, -0.1) is 0 Å². The van der Waals surface area contributed by atoms with Crippen LogP contribution < -0.4 is 0 Å². The minimum atomic E-state index is -2.07. The van der Waals surface area contributed by atoms with Crippen molar-refractivity contribution >= 4 is 18.4 Å². The van der Waals surface area contributed by atoms with Crippen molar-refractivity contribution in [1.82, 2.24) is 0 Å². The SMILES string of the molecule is C=[C](C(CO)CO)[Sn]([CH3])([CH3])[CH3]. The molecule has 0 bridgehead atoms. The third-order valence-corrected chi connectivity index (χ3v) is 8.56. The zero-order valence-electron chi connectivity index (χ0n) is 7.59. The Morgan fingerprint density at radius 3 is 1.73 bits per heavy atom. The summed E-state index contributed by atoms with van der Waals surface area (Å²) in [4.78, 5) is 6.69. The van der Waals surface area contributed by atoms with Gasteiger partial charge in [-0.2, -0.15) is 0 Å². The monoisotopic (exact) mass is 266 g/mol. The molecule has 2 N–H and O–H groups in total. The Hall–Kier alpha value is 0.459. The van der Waals surface area contributed by atoms with Gasteiger partial charge in [-0.1, -0.05) is 0 Å². The van der Waals surface area contributed by atoms with E-state index in [1.807, 2.05) is 0 Å². The van der Waals surface area contributed by atoms with Gasteiger partial charge < -0.3 is 0 Å². The predicted octanol–water partition coefficient (Wildman–Crippen LogP) is 1.02. The second-order valence-electron chi connectivity index (χ2n) is 3.84. The molecule has 0 aromatic carbocycles. The fraction of sp³-hybridized carbons (Fsp3) is 0.750. The first-order valence-electron chi connectivity index (χ1n) is 3.84. The van der Waals surface area contributed by atoms with E-state index in [1.54, 1.807) is 0 Å². The van der Waals surface area contributed by atoms with E-state index in [0.29, 0.717) is 0 Å². The molecule has 0 unspecified atom stereocenters. The molecule has 0 aromatic heterocycles. The van der Waals surface area contributed by atoms with Crippen molar-refractivity contribution in [3.05, 3.63) is 10.2 Å². The van der Waals surface area contributed by atoms with Crippen LogP contribution in [0, 0.1) is 5.92 Å². The van der Waals surface area contributed by atoms with Crippen molar-refractivity contribution in [1.29, 1.82) is 0 Å². The second kappa shape index (κ2) is 4.48. The number of hydrogen-bond donors (Lipinski definition) is 2. The summed E-state index contributed by atoms with van der Waals surface area (Å²) in [5.41, 5.74) is 0. The average molecular weight is 265 g/mol. The molecule has 0 atom stereocenters. The van der Waals surface area contributed by atoms with Crippen molar-refractivity contribution in [3.8, 4) is 0 Å². The number of hydrogen-bond acceptors (Lipinski definition) is 2. The van der Waals surface area contributed by atoms with Crippen molar-refractivity contribution in [3.63, 3.8) is 0 Å². The van der Waals surface area contributed by atoms with Gasteiger partial charge in [0.2, 0.25) is 0 Å². The van der Waals surface area contributed by atoms with Crippen LogP contribution in [0.3, 0.4) is 0 Å². The Morgan fingerprint density at radius 2 is 1.64 bits per heavy atom. The van der Waals surface area contributed by atoms with E-state index in [-0.39, 0.29) is 19.1 Å². The first-order chi connectivity index (χ1) is 4.93. The van der Waals surface area contributed by atoms with Gasteiger partial charge in [-0.3, -0.25) is 0 Å². The van der Waals surface area contributed by atoms with Crippen molar-refractivity contribution in [2.45, 2.75) is 14.8 Å². The third kappa shape index (κ3) is 3.58. The molecule has 0 aliphatic heterocycles. The standard InChI is InChI=1S/C5H9O2.3CH3.Sn/c1-2-5(3-6)4-7;;;;/h5-7H,1,3-4H2;3*1H3;. The minimum absolute atomic E-state index is 0.0313. The summed E-state index contributed by atoms with van der Waals surface area (Å²) < 4.78 is 1.12. The maximum absolute atomic E-state index is 8.87. The third-order valence-electron chi connectivity index (χ3n) is 1.90. The number of aliphatic hydroxyl groups excluding tert-OH is 2. The van der Waals surface area contributed by atoms with E-state index < -0.39 is 18.4 Å². The molecule has 0 saturated carbocycles. The van der Waals surface area contributed by atoms with Crippen LogP contribution in [-0.4, -0.2) is 41.8 Å². The van der Waals surface area contributed by atoms with Crippen LogP contribution in [0.15, 0.2) is 10.2 Å². The predicted molar refractivity (Wildman–Crippen MR) is 50.1 cm³/mol. The molecule has 0 amide bonds. The summed E-state index contributed by atoms with van der Waals surface area (Å²) in [7, 11) is 0. The van der Waals surface area contributed by atoms with E-state index in [4.69, 9.17) is 10.2 Å². The van der Waals surface area contributed by atoms with Crippen LogP contribution in [0.5, 0.6) is 0 Å². The summed E-state index contributed by atoms with van der Waals surface area (Å²) in [5, 5.41) is 17.7. The quantitative estimate of drug-likeness (QED) is 0.745. The van der Waals surface area contributed by atoms with Gasteiger partial charge in [0.25, 0.3) is 0 Å². The van der Waals surface area contributed by atoms with Gasteiger partial charge in [0.05, 0.1) is 0 Å². The second-order valence-corrected chi connectivity index (χ2v) is 18.5. The topological polar surface area (TPSA) is 40.5 Å². The molecule has 0 spiro atoms. The first kappa shape index (κ1) is 11.5. The molecule has 0 saturated heterocycles. The Balaban J connectivity index is 4.22. The van der Waals surface area contributed by atoms with Gasteiger partial charge in [0, 0.05) is 0 Å². The van der Waals surface area contributed by atoms with Gasteiger partial charge in [0.15, 0.2) is 0 Å². The number of aliphatic hydroxyl groups is 2. The average Bonchev–Trinajstić information content (AvgIpc) is 1.88. The Morgan fingerprint density at radius 1 is 1.27 bits per heavy atom. The van der Waals surface area contributed by atoms with Gasteiger partial charge in [-0.25, -0.2) is 0 Å². The van der Waals surface area contributed by atoms with Crippen molar-refractivity contribution in [2.24, 2.45) is 5.92 Å². The van der Waals surface area contributed by atoms with Crippen LogP contribution in [0.25, 0.3) is 0 Å².